The van der Waals surface area contributed by atoms with Crippen molar-refractivity contribution in [2.24, 2.45) is 5.41 Å². The van der Waals surface area contributed by atoms with Crippen molar-refractivity contribution in [2.75, 3.05) is 28.8 Å². The van der Waals surface area contributed by atoms with Crippen LogP contribution in [0.15, 0.2) is 0 Å². The van der Waals surface area contributed by atoms with Crippen LogP contribution in [0.2, 0.25) is 0 Å². The molecule has 0 aromatic rings. The fraction of sp³-hybridized carbons (Fsp3) is 1.00. The number of sulfone groups is 1. The van der Waals surface area contributed by atoms with E-state index < -0.39 is 9.84 Å². The molecule has 0 aromatic heterocycles. The summed E-state index contributed by atoms with van der Waals surface area (Å²) >= 11 is 5.43. The van der Waals surface area contributed by atoms with Gasteiger partial charge in [0.05, 0.1) is 5.75 Å². The zero-order valence-corrected chi connectivity index (χ0v) is 13.1. The molecule has 0 radical (unpaired) electrons. The average molecular weight is 329 g/mol. The van der Waals surface area contributed by atoms with Gasteiger partial charge in [-0.1, -0.05) is 35.2 Å². The Morgan fingerprint density at radius 2 is 1.88 bits per heavy atom. The third kappa shape index (κ3) is 5.41. The molecule has 5 heteroatoms. The van der Waals surface area contributed by atoms with Crippen LogP contribution in [0.4, 0.5) is 0 Å². The molecular weight excluding hydrogens is 308 g/mol. The number of rotatable bonds is 6. The zero-order chi connectivity index (χ0) is 12.1. The molecule has 0 unspecified atom stereocenters. The van der Waals surface area contributed by atoms with E-state index in [-0.39, 0.29) is 0 Å². The smallest absolute Gasteiger partial charge is 0.148 e. The summed E-state index contributed by atoms with van der Waals surface area (Å²) in [6.07, 6.45) is 7.93. The summed E-state index contributed by atoms with van der Waals surface area (Å²) in [6.45, 7) is 0. The van der Waals surface area contributed by atoms with E-state index in [9.17, 15) is 8.42 Å². The molecule has 1 aliphatic carbocycles. The Morgan fingerprint density at radius 1 is 1.25 bits per heavy atom. The maximum atomic E-state index is 11.0. The largest absolute Gasteiger partial charge is 0.229 e. The molecule has 1 saturated carbocycles. The van der Waals surface area contributed by atoms with Crippen LogP contribution in [0, 0.1) is 5.41 Å². The first-order valence-corrected chi connectivity index (χ1v) is 10.1. The van der Waals surface area contributed by atoms with Crippen molar-refractivity contribution in [2.45, 2.75) is 32.1 Å². The predicted octanol–water partition coefficient (Wildman–Crippen LogP) is 3.11. The van der Waals surface area contributed by atoms with Crippen molar-refractivity contribution in [3.05, 3.63) is 0 Å². The van der Waals surface area contributed by atoms with E-state index in [1.807, 2.05) is 0 Å². The lowest BCUT2D eigenvalue weighted by atomic mass is 9.77. The van der Waals surface area contributed by atoms with Gasteiger partial charge in [-0.05, 0) is 24.0 Å². The van der Waals surface area contributed by atoms with E-state index >= 15 is 0 Å². The van der Waals surface area contributed by atoms with Crippen LogP contribution in [0.25, 0.3) is 0 Å². The van der Waals surface area contributed by atoms with E-state index in [1.54, 1.807) is 11.8 Å². The first-order chi connectivity index (χ1) is 7.47. The van der Waals surface area contributed by atoms with Crippen molar-refractivity contribution in [3.63, 3.8) is 0 Å². The summed E-state index contributed by atoms with van der Waals surface area (Å²) in [5.74, 6) is 2.16. The van der Waals surface area contributed by atoms with Gasteiger partial charge in [-0.15, -0.1) is 0 Å². The molecule has 0 bridgehead atoms. The number of hydrogen-bond donors (Lipinski definition) is 0. The molecule has 16 heavy (non-hydrogen) atoms. The third-order valence-corrected chi connectivity index (χ3v) is 6.91. The molecule has 1 fully saturated rings. The Hall–Kier alpha value is 0.780. The van der Waals surface area contributed by atoms with Gasteiger partial charge >= 0.3 is 0 Å². The Morgan fingerprint density at radius 3 is 2.38 bits per heavy atom. The Bertz CT molecular complexity index is 295. The highest BCUT2D eigenvalue weighted by Crippen LogP contribution is 2.40. The normalized spacial score (nSPS) is 20.9. The number of halogens is 1. The van der Waals surface area contributed by atoms with Crippen LogP contribution in [-0.2, 0) is 9.84 Å². The van der Waals surface area contributed by atoms with E-state index in [4.69, 9.17) is 0 Å². The number of alkyl halides is 1. The lowest BCUT2D eigenvalue weighted by Crippen LogP contribution is -2.29. The third-order valence-electron chi connectivity index (χ3n) is 3.20. The van der Waals surface area contributed by atoms with E-state index in [1.165, 1.54) is 38.4 Å². The summed E-state index contributed by atoms with van der Waals surface area (Å²) in [6, 6.07) is 0. The SMILES string of the molecule is CS(=O)(=O)CCSCC1(CBr)CCCCC1. The molecule has 0 spiro atoms. The zero-order valence-electron chi connectivity index (χ0n) is 9.87. The van der Waals surface area contributed by atoms with Crippen molar-refractivity contribution >= 4 is 37.5 Å². The summed E-state index contributed by atoms with van der Waals surface area (Å²) in [5, 5.41) is 1.06. The second-order valence-electron chi connectivity index (χ2n) is 4.88. The highest BCUT2D eigenvalue weighted by Gasteiger charge is 2.30. The Kier molecular flexibility index (Phi) is 6.16. The van der Waals surface area contributed by atoms with Crippen molar-refractivity contribution in [1.82, 2.24) is 0 Å². The second-order valence-corrected chi connectivity index (χ2v) is 8.80. The van der Waals surface area contributed by atoms with Gasteiger partial charge < -0.3 is 0 Å². The molecular formula is C11H21BrO2S2. The van der Waals surface area contributed by atoms with Crippen molar-refractivity contribution in [3.8, 4) is 0 Å². The van der Waals surface area contributed by atoms with Crippen LogP contribution in [0.3, 0.4) is 0 Å². The fourth-order valence-corrected chi connectivity index (χ4v) is 5.79. The summed E-state index contributed by atoms with van der Waals surface area (Å²) < 4.78 is 22.0. The van der Waals surface area contributed by atoms with E-state index in [0.717, 1.165) is 16.8 Å². The standard InChI is InChI=1S/C11H21BrO2S2/c1-16(13,14)8-7-15-10-11(9-12)5-3-2-4-6-11/h2-10H2,1H3. The maximum Gasteiger partial charge on any atom is 0.148 e. The van der Waals surface area contributed by atoms with Gasteiger partial charge in [0, 0.05) is 17.3 Å². The summed E-state index contributed by atoms with van der Waals surface area (Å²) in [4.78, 5) is 0. The van der Waals surface area contributed by atoms with Gasteiger partial charge in [0.1, 0.15) is 9.84 Å². The number of hydrogen-bond acceptors (Lipinski definition) is 3. The first kappa shape index (κ1) is 14.8. The van der Waals surface area contributed by atoms with Crippen molar-refractivity contribution < 1.29 is 8.42 Å². The molecule has 0 N–H and O–H groups in total. The van der Waals surface area contributed by atoms with Crippen LogP contribution in [0.1, 0.15) is 32.1 Å². The summed E-state index contributed by atoms with van der Waals surface area (Å²) in [5.41, 5.74) is 0.431. The molecule has 0 aliphatic heterocycles. The second kappa shape index (κ2) is 6.64. The highest BCUT2D eigenvalue weighted by atomic mass is 79.9. The van der Waals surface area contributed by atoms with Gasteiger partial charge in [0.15, 0.2) is 0 Å². The minimum absolute atomic E-state index is 0.316. The quantitative estimate of drug-likeness (QED) is 0.555. The van der Waals surface area contributed by atoms with Crippen LogP contribution in [0.5, 0.6) is 0 Å². The Labute approximate surface area is 112 Å². The molecule has 0 heterocycles. The molecule has 0 atom stereocenters. The first-order valence-electron chi connectivity index (χ1n) is 5.79. The van der Waals surface area contributed by atoms with Crippen LogP contribution in [-0.4, -0.2) is 37.3 Å². The fourth-order valence-electron chi connectivity index (χ4n) is 2.12. The number of thioether (sulfide) groups is 1. The molecule has 0 amide bonds. The van der Waals surface area contributed by atoms with Crippen LogP contribution < -0.4 is 0 Å². The predicted molar refractivity (Wildman–Crippen MR) is 76.3 cm³/mol. The van der Waals surface area contributed by atoms with Crippen LogP contribution >= 0.6 is 27.7 Å². The minimum atomic E-state index is -2.79. The molecule has 2 nitrogen and oxygen atoms in total. The minimum Gasteiger partial charge on any atom is -0.229 e. The topological polar surface area (TPSA) is 34.1 Å². The monoisotopic (exact) mass is 328 g/mol. The lowest BCUT2D eigenvalue weighted by molar-refractivity contribution is 0.260. The van der Waals surface area contributed by atoms with Gasteiger partial charge in [-0.3, -0.25) is 0 Å². The van der Waals surface area contributed by atoms with E-state index in [0.29, 0.717) is 11.2 Å². The molecule has 0 saturated heterocycles. The average Bonchev–Trinajstić information content (AvgIpc) is 2.25. The summed E-state index contributed by atoms with van der Waals surface area (Å²) in [7, 11) is -2.79. The van der Waals surface area contributed by atoms with Gasteiger partial charge in [-0.2, -0.15) is 11.8 Å². The van der Waals surface area contributed by atoms with Crippen molar-refractivity contribution in [1.29, 1.82) is 0 Å². The molecule has 1 aliphatic rings. The van der Waals surface area contributed by atoms with Gasteiger partial charge in [-0.25, -0.2) is 8.42 Å². The van der Waals surface area contributed by atoms with Gasteiger partial charge in [0.25, 0.3) is 0 Å². The Balaban J connectivity index is 2.28. The lowest BCUT2D eigenvalue weighted by Gasteiger charge is -2.35. The van der Waals surface area contributed by atoms with Gasteiger partial charge in [0.2, 0.25) is 0 Å². The highest BCUT2D eigenvalue weighted by molar-refractivity contribution is 9.09. The van der Waals surface area contributed by atoms with E-state index in [2.05, 4.69) is 15.9 Å². The maximum absolute atomic E-state index is 11.0. The molecule has 1 rings (SSSR count). The molecule has 96 valence electrons. The molecule has 0 aromatic carbocycles.